The quantitative estimate of drug-likeness (QED) is 0.246. The zero-order valence-corrected chi connectivity index (χ0v) is 18.7. The van der Waals surface area contributed by atoms with Gasteiger partial charge in [-0.1, -0.05) is 39.0 Å². The first-order valence-electron chi connectivity index (χ1n) is 10.6. The largest absolute Gasteiger partial charge is 0.463 e. The number of methoxy groups -OCH3 is 1. The highest BCUT2D eigenvalue weighted by Crippen LogP contribution is 2.29. The molecule has 0 amide bonds. The summed E-state index contributed by atoms with van der Waals surface area (Å²) in [6.45, 7) is 6.24. The van der Waals surface area contributed by atoms with E-state index in [2.05, 4.69) is 6.92 Å². The van der Waals surface area contributed by atoms with E-state index in [0.717, 1.165) is 19.3 Å². The molecule has 1 rings (SSSR count). The smallest absolute Gasteiger partial charge is 0.303 e. The van der Waals surface area contributed by atoms with Crippen LogP contribution >= 0.6 is 0 Å². The minimum atomic E-state index is -1.01. The van der Waals surface area contributed by atoms with Crippen LogP contribution in [0, 0.1) is 0 Å². The molecule has 1 heterocycles. The van der Waals surface area contributed by atoms with E-state index in [4.69, 9.17) is 28.4 Å². The van der Waals surface area contributed by atoms with Crippen molar-refractivity contribution in [2.45, 2.75) is 96.9 Å². The van der Waals surface area contributed by atoms with Crippen LogP contribution in [0.25, 0.3) is 0 Å². The molecule has 9 heteroatoms. The first kappa shape index (κ1) is 26.3. The second-order valence-electron chi connectivity index (χ2n) is 7.33. The van der Waals surface area contributed by atoms with Crippen molar-refractivity contribution in [3.8, 4) is 0 Å². The molecular formula is C21H36O9. The summed E-state index contributed by atoms with van der Waals surface area (Å²) >= 11 is 0. The van der Waals surface area contributed by atoms with Gasteiger partial charge in [-0.2, -0.15) is 0 Å². The maximum Gasteiger partial charge on any atom is 0.303 e. The molecule has 0 aliphatic carbocycles. The summed E-state index contributed by atoms with van der Waals surface area (Å²) < 4.78 is 33.0. The molecule has 1 fully saturated rings. The van der Waals surface area contributed by atoms with E-state index in [1.807, 2.05) is 0 Å². The van der Waals surface area contributed by atoms with Gasteiger partial charge in [-0.25, -0.2) is 0 Å². The second kappa shape index (κ2) is 14.3. The maximum atomic E-state index is 11.7. The van der Waals surface area contributed by atoms with E-state index in [0.29, 0.717) is 6.61 Å². The van der Waals surface area contributed by atoms with Gasteiger partial charge >= 0.3 is 17.9 Å². The van der Waals surface area contributed by atoms with Crippen molar-refractivity contribution in [2.24, 2.45) is 0 Å². The van der Waals surface area contributed by atoms with Gasteiger partial charge in [0.2, 0.25) is 0 Å². The number of unbranched alkanes of at least 4 members (excludes halogenated alkanes) is 5. The Balaban J connectivity index is 2.92. The van der Waals surface area contributed by atoms with E-state index >= 15 is 0 Å². The van der Waals surface area contributed by atoms with Gasteiger partial charge in [-0.05, 0) is 6.42 Å². The summed E-state index contributed by atoms with van der Waals surface area (Å²) in [5.41, 5.74) is 0. The second-order valence-corrected chi connectivity index (χ2v) is 7.33. The van der Waals surface area contributed by atoms with Crippen molar-refractivity contribution >= 4 is 17.9 Å². The number of carbonyl (C=O) groups is 3. The fourth-order valence-electron chi connectivity index (χ4n) is 3.35. The van der Waals surface area contributed by atoms with Gasteiger partial charge in [-0.3, -0.25) is 14.4 Å². The molecule has 0 radical (unpaired) electrons. The van der Waals surface area contributed by atoms with Gasteiger partial charge in [0.25, 0.3) is 0 Å². The summed E-state index contributed by atoms with van der Waals surface area (Å²) in [6, 6.07) is 0. The van der Waals surface area contributed by atoms with Crippen LogP contribution in [-0.2, 0) is 42.8 Å². The molecule has 0 aromatic heterocycles. The predicted octanol–water partition coefficient (Wildman–Crippen LogP) is 2.53. The van der Waals surface area contributed by atoms with Crippen LogP contribution in [0.2, 0.25) is 0 Å². The third kappa shape index (κ3) is 9.40. The highest BCUT2D eigenvalue weighted by Gasteiger charge is 2.51. The lowest BCUT2D eigenvalue weighted by molar-refractivity contribution is -0.306. The Hall–Kier alpha value is -1.71. The average molecular weight is 433 g/mol. The van der Waals surface area contributed by atoms with Gasteiger partial charge in [0.15, 0.2) is 18.5 Å². The molecule has 1 saturated heterocycles. The summed E-state index contributed by atoms with van der Waals surface area (Å²) in [5, 5.41) is 0. The molecule has 1 aliphatic rings. The van der Waals surface area contributed by atoms with Gasteiger partial charge in [0.05, 0.1) is 0 Å². The predicted molar refractivity (Wildman–Crippen MR) is 107 cm³/mol. The lowest BCUT2D eigenvalue weighted by atomic mass is 9.98. The number of hydrogen-bond acceptors (Lipinski definition) is 9. The number of hydrogen-bond donors (Lipinski definition) is 0. The first-order valence-corrected chi connectivity index (χ1v) is 10.6. The van der Waals surface area contributed by atoms with Crippen LogP contribution in [0.3, 0.4) is 0 Å². The summed E-state index contributed by atoms with van der Waals surface area (Å²) in [6.07, 6.45) is 1.97. The molecule has 0 aromatic rings. The molecule has 0 N–H and O–H groups in total. The van der Waals surface area contributed by atoms with Crippen molar-refractivity contribution < 1.29 is 42.8 Å². The molecule has 5 atom stereocenters. The van der Waals surface area contributed by atoms with E-state index in [1.54, 1.807) is 0 Å². The van der Waals surface area contributed by atoms with Gasteiger partial charge in [0.1, 0.15) is 18.8 Å². The Bertz CT molecular complexity index is 537. The molecule has 0 bridgehead atoms. The number of rotatable bonds is 13. The Morgan fingerprint density at radius 1 is 0.800 bits per heavy atom. The molecule has 5 unspecified atom stereocenters. The standard InChI is InChI=1S/C21H36O9/c1-6-7-8-9-10-11-12-26-18-17(13-27-14(2)22)30-21(25-5)20(29-16(4)24)19(18)28-15(3)23/h17-21H,6-13H2,1-5H3. The van der Waals surface area contributed by atoms with Gasteiger partial charge in [0, 0.05) is 34.5 Å². The Labute approximate surface area is 178 Å². The van der Waals surface area contributed by atoms with Crippen LogP contribution < -0.4 is 0 Å². The van der Waals surface area contributed by atoms with Gasteiger partial charge < -0.3 is 28.4 Å². The third-order valence-electron chi connectivity index (χ3n) is 4.69. The van der Waals surface area contributed by atoms with Crippen molar-refractivity contribution in [2.75, 3.05) is 20.3 Å². The molecule has 30 heavy (non-hydrogen) atoms. The zero-order chi connectivity index (χ0) is 22.5. The monoisotopic (exact) mass is 432 g/mol. The topological polar surface area (TPSA) is 107 Å². The SMILES string of the molecule is CCCCCCCCOC1C(COC(C)=O)OC(OC)C(OC(C)=O)C1OC(C)=O. The number of esters is 3. The minimum absolute atomic E-state index is 0.110. The highest BCUT2D eigenvalue weighted by molar-refractivity contribution is 5.67. The Morgan fingerprint density at radius 3 is 1.97 bits per heavy atom. The van der Waals surface area contributed by atoms with E-state index in [-0.39, 0.29) is 6.61 Å². The Morgan fingerprint density at radius 2 is 1.40 bits per heavy atom. The Kier molecular flexibility index (Phi) is 12.6. The van der Waals surface area contributed by atoms with Crippen molar-refractivity contribution in [3.63, 3.8) is 0 Å². The fourth-order valence-corrected chi connectivity index (χ4v) is 3.35. The normalized spacial score (nSPS) is 26.1. The molecule has 174 valence electrons. The summed E-state index contributed by atoms with van der Waals surface area (Å²) in [5.74, 6) is -1.61. The minimum Gasteiger partial charge on any atom is -0.463 e. The average Bonchev–Trinajstić information content (AvgIpc) is 2.67. The molecule has 0 aromatic carbocycles. The van der Waals surface area contributed by atoms with Crippen LogP contribution in [0.4, 0.5) is 0 Å². The molecule has 9 nitrogen and oxygen atoms in total. The highest BCUT2D eigenvalue weighted by atomic mass is 16.7. The fraction of sp³-hybridized carbons (Fsp3) is 0.857. The van der Waals surface area contributed by atoms with E-state index in [9.17, 15) is 14.4 Å². The number of carbonyl (C=O) groups excluding carboxylic acids is 3. The number of ether oxygens (including phenoxy) is 6. The summed E-state index contributed by atoms with van der Waals surface area (Å²) in [4.78, 5) is 34.7. The van der Waals surface area contributed by atoms with Crippen LogP contribution in [-0.4, -0.2) is 68.9 Å². The zero-order valence-electron chi connectivity index (χ0n) is 18.7. The molecule has 0 saturated carbocycles. The van der Waals surface area contributed by atoms with Gasteiger partial charge in [-0.15, -0.1) is 0 Å². The van der Waals surface area contributed by atoms with Crippen LogP contribution in [0.1, 0.15) is 66.2 Å². The van der Waals surface area contributed by atoms with Crippen molar-refractivity contribution in [3.05, 3.63) is 0 Å². The van der Waals surface area contributed by atoms with E-state index < -0.39 is 48.6 Å². The maximum absolute atomic E-state index is 11.7. The molecule has 1 aliphatic heterocycles. The van der Waals surface area contributed by atoms with Crippen LogP contribution in [0.15, 0.2) is 0 Å². The third-order valence-corrected chi connectivity index (χ3v) is 4.69. The summed E-state index contributed by atoms with van der Waals surface area (Å²) in [7, 11) is 1.38. The van der Waals surface area contributed by atoms with Crippen molar-refractivity contribution in [1.29, 1.82) is 0 Å². The lowest BCUT2D eigenvalue weighted by Crippen LogP contribution is -2.62. The van der Waals surface area contributed by atoms with Crippen LogP contribution in [0.5, 0.6) is 0 Å². The molecule has 0 spiro atoms. The lowest BCUT2D eigenvalue weighted by Gasteiger charge is -2.44. The molecular weight excluding hydrogens is 396 g/mol. The van der Waals surface area contributed by atoms with Crippen molar-refractivity contribution in [1.82, 2.24) is 0 Å². The van der Waals surface area contributed by atoms with E-state index in [1.165, 1.54) is 47.1 Å². The first-order chi connectivity index (χ1) is 14.3.